The molecule has 3 heterocycles. The number of aromatic amines is 1. The molecule has 1 unspecified atom stereocenters. The molecule has 116 valence electrons. The highest BCUT2D eigenvalue weighted by Crippen LogP contribution is 2.40. The molecular weight excluding hydrogens is 290 g/mol. The lowest BCUT2D eigenvalue weighted by atomic mass is 10.0. The third-order valence-corrected chi connectivity index (χ3v) is 4.68. The lowest BCUT2D eigenvalue weighted by molar-refractivity contribution is 0.174. The van der Waals surface area contributed by atoms with Crippen molar-refractivity contribution in [3.05, 3.63) is 48.0 Å². The second kappa shape index (κ2) is 4.91. The van der Waals surface area contributed by atoms with Crippen LogP contribution in [-0.2, 0) is 0 Å². The zero-order valence-electron chi connectivity index (χ0n) is 12.7. The maximum Gasteiger partial charge on any atom is 0.231 e. The van der Waals surface area contributed by atoms with Crippen molar-refractivity contribution in [3.63, 3.8) is 0 Å². The first kappa shape index (κ1) is 12.8. The molecule has 2 aliphatic rings. The van der Waals surface area contributed by atoms with Gasteiger partial charge in [0.2, 0.25) is 12.7 Å². The fourth-order valence-corrected chi connectivity index (χ4v) is 3.56. The van der Waals surface area contributed by atoms with E-state index in [1.54, 1.807) is 0 Å². The average molecular weight is 307 g/mol. The second-order valence-electron chi connectivity index (χ2n) is 6.04. The van der Waals surface area contributed by atoms with Crippen LogP contribution in [-0.4, -0.2) is 23.3 Å². The smallest absolute Gasteiger partial charge is 0.231 e. The van der Waals surface area contributed by atoms with Crippen molar-refractivity contribution in [3.8, 4) is 11.5 Å². The van der Waals surface area contributed by atoms with E-state index < -0.39 is 0 Å². The molecule has 3 aromatic rings. The van der Waals surface area contributed by atoms with Crippen LogP contribution in [0.1, 0.15) is 24.4 Å². The zero-order valence-corrected chi connectivity index (χ0v) is 12.7. The van der Waals surface area contributed by atoms with Crippen LogP contribution < -0.4 is 14.4 Å². The van der Waals surface area contributed by atoms with E-state index in [1.807, 2.05) is 24.3 Å². The van der Waals surface area contributed by atoms with Gasteiger partial charge in [0.15, 0.2) is 11.5 Å². The number of ether oxygens (including phenoxy) is 2. The van der Waals surface area contributed by atoms with E-state index in [-0.39, 0.29) is 0 Å². The third-order valence-electron chi connectivity index (χ3n) is 4.68. The molecule has 2 aliphatic heterocycles. The van der Waals surface area contributed by atoms with Crippen molar-refractivity contribution in [1.29, 1.82) is 0 Å². The molecule has 0 aliphatic carbocycles. The first-order valence-corrected chi connectivity index (χ1v) is 7.99. The molecule has 1 atom stereocenters. The van der Waals surface area contributed by atoms with Gasteiger partial charge in [-0.25, -0.2) is 4.98 Å². The highest BCUT2D eigenvalue weighted by molar-refractivity contribution is 5.77. The molecule has 0 saturated carbocycles. The molecular formula is C18H17N3O2. The van der Waals surface area contributed by atoms with Gasteiger partial charge in [-0.15, -0.1) is 0 Å². The van der Waals surface area contributed by atoms with Crippen molar-refractivity contribution in [2.75, 3.05) is 18.2 Å². The number of nitrogens with one attached hydrogen (secondary N) is 1. The number of fused-ring (bicyclic) bond motifs is 2. The molecule has 5 nitrogen and oxygen atoms in total. The summed E-state index contributed by atoms with van der Waals surface area (Å²) in [5, 5.41) is 0. The highest BCUT2D eigenvalue weighted by Gasteiger charge is 2.29. The summed E-state index contributed by atoms with van der Waals surface area (Å²) in [5.74, 6) is 2.63. The number of H-pyrrole nitrogens is 1. The van der Waals surface area contributed by atoms with Crippen LogP contribution in [0, 0.1) is 0 Å². The molecule has 5 heteroatoms. The van der Waals surface area contributed by atoms with Gasteiger partial charge in [-0.05, 0) is 42.7 Å². The van der Waals surface area contributed by atoms with Gasteiger partial charge in [0.25, 0.3) is 0 Å². The van der Waals surface area contributed by atoms with Crippen LogP contribution in [0.3, 0.4) is 0 Å². The van der Waals surface area contributed by atoms with Gasteiger partial charge < -0.3 is 19.4 Å². The van der Waals surface area contributed by atoms with Gasteiger partial charge in [0.05, 0.1) is 17.1 Å². The van der Waals surface area contributed by atoms with Gasteiger partial charge in [-0.3, -0.25) is 0 Å². The SMILES string of the molecule is c1ccc2[nH]c(N3CCCC3c3ccc4c(c3)OCO4)nc2c1. The summed E-state index contributed by atoms with van der Waals surface area (Å²) in [6.45, 7) is 1.33. The Labute approximate surface area is 133 Å². The van der Waals surface area contributed by atoms with E-state index in [0.29, 0.717) is 12.8 Å². The highest BCUT2D eigenvalue weighted by atomic mass is 16.7. The number of hydrogen-bond donors (Lipinski definition) is 1. The van der Waals surface area contributed by atoms with E-state index in [9.17, 15) is 0 Å². The molecule has 5 rings (SSSR count). The number of aromatic nitrogens is 2. The molecule has 0 amide bonds. The molecule has 1 N–H and O–H groups in total. The zero-order chi connectivity index (χ0) is 15.2. The fourth-order valence-electron chi connectivity index (χ4n) is 3.56. The Hall–Kier alpha value is -2.69. The molecule has 0 bridgehead atoms. The van der Waals surface area contributed by atoms with Crippen LogP contribution in [0.2, 0.25) is 0 Å². The maximum absolute atomic E-state index is 5.52. The maximum atomic E-state index is 5.52. The summed E-state index contributed by atoms with van der Waals surface area (Å²) in [4.78, 5) is 10.6. The summed E-state index contributed by atoms with van der Waals surface area (Å²) >= 11 is 0. The molecule has 1 fully saturated rings. The average Bonchev–Trinajstić information content (AvgIpc) is 3.31. The summed E-state index contributed by atoms with van der Waals surface area (Å²) in [5.41, 5.74) is 3.35. The first-order chi connectivity index (χ1) is 11.4. The van der Waals surface area contributed by atoms with E-state index in [0.717, 1.165) is 47.9 Å². The van der Waals surface area contributed by atoms with Gasteiger partial charge in [0.1, 0.15) is 0 Å². The van der Waals surface area contributed by atoms with Crippen molar-refractivity contribution in [2.45, 2.75) is 18.9 Å². The van der Waals surface area contributed by atoms with Gasteiger partial charge in [-0.1, -0.05) is 18.2 Å². The van der Waals surface area contributed by atoms with Crippen LogP contribution in [0.4, 0.5) is 5.95 Å². The number of rotatable bonds is 2. The molecule has 0 radical (unpaired) electrons. The van der Waals surface area contributed by atoms with Gasteiger partial charge in [0, 0.05) is 6.54 Å². The summed E-state index contributed by atoms with van der Waals surface area (Å²) in [6, 6.07) is 14.7. The number of hydrogen-bond acceptors (Lipinski definition) is 4. The standard InChI is InChI=1S/C18H17N3O2/c1-2-5-14-13(4-1)19-18(20-14)21-9-3-6-15(21)12-7-8-16-17(10-12)23-11-22-16/h1-2,4-5,7-8,10,15H,3,6,9,11H2,(H,19,20). The number of benzene rings is 2. The number of nitrogens with zero attached hydrogens (tertiary/aromatic N) is 2. The Balaban J connectivity index is 1.52. The molecule has 1 aromatic heterocycles. The van der Waals surface area contributed by atoms with E-state index >= 15 is 0 Å². The van der Waals surface area contributed by atoms with E-state index in [2.05, 4.69) is 28.1 Å². The van der Waals surface area contributed by atoms with Crippen LogP contribution >= 0.6 is 0 Å². The number of imidazole rings is 1. The lowest BCUT2D eigenvalue weighted by Crippen LogP contribution is -2.23. The second-order valence-corrected chi connectivity index (χ2v) is 6.04. The summed E-state index contributed by atoms with van der Waals surface area (Å²) in [7, 11) is 0. The Morgan fingerprint density at radius 1 is 1.09 bits per heavy atom. The predicted octanol–water partition coefficient (Wildman–Crippen LogP) is 3.63. The monoisotopic (exact) mass is 307 g/mol. The molecule has 23 heavy (non-hydrogen) atoms. The van der Waals surface area contributed by atoms with Gasteiger partial charge >= 0.3 is 0 Å². The van der Waals surface area contributed by atoms with Crippen LogP contribution in [0.15, 0.2) is 42.5 Å². The topological polar surface area (TPSA) is 50.4 Å². The number of anilines is 1. The molecule has 0 spiro atoms. The minimum absolute atomic E-state index is 0.316. The Morgan fingerprint density at radius 2 is 2.00 bits per heavy atom. The molecule has 1 saturated heterocycles. The third kappa shape index (κ3) is 2.04. The van der Waals surface area contributed by atoms with Crippen molar-refractivity contribution >= 4 is 17.0 Å². The minimum Gasteiger partial charge on any atom is -0.454 e. The normalized spacial score (nSPS) is 19.7. The van der Waals surface area contributed by atoms with Crippen molar-refractivity contribution in [2.24, 2.45) is 0 Å². The largest absolute Gasteiger partial charge is 0.454 e. The number of para-hydroxylation sites is 2. The van der Waals surface area contributed by atoms with Crippen LogP contribution in [0.5, 0.6) is 11.5 Å². The Kier molecular flexibility index (Phi) is 2.74. The minimum atomic E-state index is 0.316. The quantitative estimate of drug-likeness (QED) is 0.785. The Bertz CT molecular complexity index is 841. The van der Waals surface area contributed by atoms with Crippen molar-refractivity contribution < 1.29 is 9.47 Å². The predicted molar refractivity (Wildman–Crippen MR) is 88.0 cm³/mol. The summed E-state index contributed by atoms with van der Waals surface area (Å²) < 4.78 is 10.9. The molecule has 2 aromatic carbocycles. The van der Waals surface area contributed by atoms with Crippen molar-refractivity contribution in [1.82, 2.24) is 9.97 Å². The van der Waals surface area contributed by atoms with Gasteiger partial charge in [-0.2, -0.15) is 0 Å². The van der Waals surface area contributed by atoms with E-state index in [4.69, 9.17) is 14.5 Å². The van der Waals surface area contributed by atoms with Crippen LogP contribution in [0.25, 0.3) is 11.0 Å². The first-order valence-electron chi connectivity index (χ1n) is 7.99. The van der Waals surface area contributed by atoms with E-state index in [1.165, 1.54) is 5.56 Å². The Morgan fingerprint density at radius 3 is 2.96 bits per heavy atom. The fraction of sp³-hybridized carbons (Fsp3) is 0.278. The summed E-state index contributed by atoms with van der Waals surface area (Å²) in [6.07, 6.45) is 2.28. The lowest BCUT2D eigenvalue weighted by Gasteiger charge is -2.24.